The van der Waals surface area contributed by atoms with E-state index >= 15 is 0 Å². The first-order chi connectivity index (χ1) is 11.3. The van der Waals surface area contributed by atoms with Crippen LogP contribution in [0.5, 0.6) is 0 Å². The molecule has 0 aliphatic rings. The zero-order valence-electron chi connectivity index (χ0n) is 14.8. The molecule has 0 saturated carbocycles. The van der Waals surface area contributed by atoms with Crippen molar-refractivity contribution in [3.8, 4) is 11.3 Å². The predicted octanol–water partition coefficient (Wildman–Crippen LogP) is 7.11. The van der Waals surface area contributed by atoms with Crippen LogP contribution < -0.4 is 0 Å². The highest BCUT2D eigenvalue weighted by atomic mass is 79.9. The molecule has 0 aliphatic heterocycles. The van der Waals surface area contributed by atoms with Gasteiger partial charge in [-0.3, -0.25) is 0 Å². The number of alkyl halides is 3. The van der Waals surface area contributed by atoms with Crippen molar-refractivity contribution >= 4 is 35.6 Å². The molecule has 1 aromatic carbocycles. The van der Waals surface area contributed by atoms with Gasteiger partial charge in [0.15, 0.2) is 8.32 Å². The lowest BCUT2D eigenvalue weighted by Crippen LogP contribution is -2.40. The van der Waals surface area contributed by atoms with E-state index in [1.807, 2.05) is 0 Å². The summed E-state index contributed by atoms with van der Waals surface area (Å²) in [4.78, 5) is 4.54. The van der Waals surface area contributed by atoms with Gasteiger partial charge in [-0.2, -0.15) is 13.2 Å². The van der Waals surface area contributed by atoms with Gasteiger partial charge in [-0.25, -0.2) is 4.98 Å². The molecule has 0 N–H and O–H groups in total. The van der Waals surface area contributed by atoms with Crippen LogP contribution in [-0.4, -0.2) is 13.3 Å². The second-order valence-electron chi connectivity index (χ2n) is 7.35. The molecule has 0 bridgehead atoms. The first-order valence-electron chi connectivity index (χ1n) is 7.78. The Morgan fingerprint density at radius 1 is 1.12 bits per heavy atom. The summed E-state index contributed by atoms with van der Waals surface area (Å²) in [5.74, 6) is 0. The summed E-state index contributed by atoms with van der Waals surface area (Å²) in [6, 6.07) is 5.04. The molecule has 2 nitrogen and oxygen atoms in total. The van der Waals surface area contributed by atoms with Gasteiger partial charge in [0.2, 0.25) is 0 Å². The largest absolute Gasteiger partial charge is 0.416 e. The number of thiazole rings is 1. The summed E-state index contributed by atoms with van der Waals surface area (Å²) in [5.41, 5.74) is 0.631. The van der Waals surface area contributed by atoms with E-state index in [-0.39, 0.29) is 5.04 Å². The van der Waals surface area contributed by atoms with Gasteiger partial charge in [0.25, 0.3) is 0 Å². The summed E-state index contributed by atoms with van der Waals surface area (Å²) >= 11 is 4.91. The number of halogens is 4. The Hall–Kier alpha value is -0.703. The smallest absolute Gasteiger partial charge is 0.410 e. The van der Waals surface area contributed by atoms with E-state index in [0.717, 1.165) is 20.9 Å². The Balaban J connectivity index is 2.18. The first-order valence-corrected chi connectivity index (χ1v) is 12.3. The third-order valence-electron chi connectivity index (χ3n) is 4.48. The highest BCUT2D eigenvalue weighted by Crippen LogP contribution is 2.39. The predicted molar refractivity (Wildman–Crippen MR) is 102 cm³/mol. The quantitative estimate of drug-likeness (QED) is 0.461. The molecule has 0 spiro atoms. The molecule has 0 unspecified atom stereocenters. The van der Waals surface area contributed by atoms with Gasteiger partial charge in [0, 0.05) is 5.56 Å². The second kappa shape index (κ2) is 7.13. The van der Waals surface area contributed by atoms with Crippen molar-refractivity contribution in [2.45, 2.75) is 51.7 Å². The fourth-order valence-corrected chi connectivity index (χ4v) is 4.49. The minimum absolute atomic E-state index is 0.109. The van der Waals surface area contributed by atoms with E-state index in [1.54, 1.807) is 0 Å². The molecule has 8 heteroatoms. The normalized spacial score (nSPS) is 13.3. The SMILES string of the molecule is CC(C)(C)[Si](C)(C)OCc1nc(-c2ccc(C(F)(F)F)cc2)c(Br)s1. The van der Waals surface area contributed by atoms with Crippen molar-refractivity contribution in [1.29, 1.82) is 0 Å². The molecule has 0 atom stereocenters. The number of hydrogen-bond acceptors (Lipinski definition) is 3. The van der Waals surface area contributed by atoms with Crippen molar-refractivity contribution in [2.24, 2.45) is 0 Å². The van der Waals surface area contributed by atoms with Gasteiger partial charge in [-0.15, -0.1) is 11.3 Å². The molecule has 2 rings (SSSR count). The summed E-state index contributed by atoms with van der Waals surface area (Å²) < 4.78 is 45.0. The van der Waals surface area contributed by atoms with E-state index < -0.39 is 20.1 Å². The van der Waals surface area contributed by atoms with E-state index in [1.165, 1.54) is 23.5 Å². The van der Waals surface area contributed by atoms with Crippen LogP contribution in [0.3, 0.4) is 0 Å². The van der Waals surface area contributed by atoms with E-state index in [9.17, 15) is 13.2 Å². The third kappa shape index (κ3) is 4.93. The monoisotopic (exact) mass is 451 g/mol. The van der Waals surface area contributed by atoms with Gasteiger partial charge >= 0.3 is 6.18 Å². The molecule has 0 radical (unpaired) electrons. The van der Waals surface area contributed by atoms with Crippen LogP contribution in [-0.2, 0) is 17.2 Å². The summed E-state index contributed by atoms with van der Waals surface area (Å²) in [5, 5.41) is 0.921. The molecule has 138 valence electrons. The Labute approximate surface area is 159 Å². The summed E-state index contributed by atoms with van der Waals surface area (Å²) in [7, 11) is -1.88. The molecule has 2 aromatic rings. The molecule has 0 amide bonds. The van der Waals surface area contributed by atoms with Crippen molar-refractivity contribution < 1.29 is 17.6 Å². The van der Waals surface area contributed by atoms with Crippen LogP contribution in [0.25, 0.3) is 11.3 Å². The average molecular weight is 452 g/mol. The van der Waals surface area contributed by atoms with Crippen LogP contribution in [0.4, 0.5) is 13.2 Å². The Morgan fingerprint density at radius 3 is 2.16 bits per heavy atom. The maximum atomic E-state index is 12.7. The molecule has 0 fully saturated rings. The maximum absolute atomic E-state index is 12.7. The van der Waals surface area contributed by atoms with Crippen LogP contribution in [0.2, 0.25) is 18.1 Å². The fraction of sp³-hybridized carbons (Fsp3) is 0.471. The maximum Gasteiger partial charge on any atom is 0.416 e. The number of rotatable bonds is 4. The molecule has 0 aliphatic carbocycles. The van der Waals surface area contributed by atoms with Gasteiger partial charge in [0.1, 0.15) is 5.01 Å². The number of benzene rings is 1. The Kier molecular flexibility index (Phi) is 5.88. The Bertz CT molecular complexity index is 736. The number of hydrogen-bond donors (Lipinski definition) is 0. The third-order valence-corrected chi connectivity index (χ3v) is 10.6. The van der Waals surface area contributed by atoms with Crippen molar-refractivity contribution in [1.82, 2.24) is 4.98 Å². The molecule has 1 aromatic heterocycles. The second-order valence-corrected chi connectivity index (χ2v) is 14.6. The lowest BCUT2D eigenvalue weighted by molar-refractivity contribution is -0.137. The topological polar surface area (TPSA) is 22.1 Å². The van der Waals surface area contributed by atoms with Gasteiger partial charge < -0.3 is 4.43 Å². The highest BCUT2D eigenvalue weighted by molar-refractivity contribution is 9.11. The molecular weight excluding hydrogens is 431 g/mol. The van der Waals surface area contributed by atoms with E-state index in [2.05, 4.69) is 54.8 Å². The van der Waals surface area contributed by atoms with Gasteiger partial charge in [0.05, 0.1) is 21.7 Å². The highest BCUT2D eigenvalue weighted by Gasteiger charge is 2.37. The van der Waals surface area contributed by atoms with Crippen molar-refractivity contribution in [2.75, 3.05) is 0 Å². The van der Waals surface area contributed by atoms with Crippen LogP contribution in [0.1, 0.15) is 31.3 Å². The van der Waals surface area contributed by atoms with Crippen LogP contribution in [0, 0.1) is 0 Å². The summed E-state index contributed by atoms with van der Waals surface area (Å²) in [6.07, 6.45) is -4.33. The molecule has 0 saturated heterocycles. The van der Waals surface area contributed by atoms with Gasteiger partial charge in [-0.1, -0.05) is 32.9 Å². The van der Waals surface area contributed by atoms with Crippen LogP contribution >= 0.6 is 27.3 Å². The standard InChI is InChI=1S/C17H21BrF3NOSSi/c1-16(2,3)25(4,5)23-10-13-22-14(15(18)24-13)11-6-8-12(9-7-11)17(19,20)21/h6-9H,10H2,1-5H3. The lowest BCUT2D eigenvalue weighted by Gasteiger charge is -2.35. The molecule has 1 heterocycles. The van der Waals surface area contributed by atoms with Crippen molar-refractivity contribution in [3.05, 3.63) is 38.6 Å². The summed E-state index contributed by atoms with van der Waals surface area (Å²) in [6.45, 7) is 11.3. The zero-order valence-corrected chi connectivity index (χ0v) is 18.2. The van der Waals surface area contributed by atoms with E-state index in [0.29, 0.717) is 17.9 Å². The Morgan fingerprint density at radius 2 is 1.68 bits per heavy atom. The van der Waals surface area contributed by atoms with Gasteiger partial charge in [-0.05, 0) is 46.2 Å². The fourth-order valence-electron chi connectivity index (χ4n) is 1.86. The average Bonchev–Trinajstić information content (AvgIpc) is 2.84. The zero-order chi connectivity index (χ0) is 19.0. The lowest BCUT2D eigenvalue weighted by atomic mass is 10.1. The van der Waals surface area contributed by atoms with Crippen LogP contribution in [0.15, 0.2) is 28.1 Å². The minimum Gasteiger partial charge on any atom is -0.410 e. The number of nitrogens with zero attached hydrogens (tertiary/aromatic N) is 1. The minimum atomic E-state index is -4.33. The molecule has 25 heavy (non-hydrogen) atoms. The van der Waals surface area contributed by atoms with E-state index in [4.69, 9.17) is 4.43 Å². The first kappa shape index (κ1) is 20.6. The molecular formula is C17H21BrF3NOSSi. The van der Waals surface area contributed by atoms with Crippen molar-refractivity contribution in [3.63, 3.8) is 0 Å². The number of aromatic nitrogens is 1.